The van der Waals surface area contributed by atoms with Crippen LogP contribution in [0.3, 0.4) is 0 Å². The van der Waals surface area contributed by atoms with Crippen molar-refractivity contribution in [2.75, 3.05) is 17.8 Å². The first-order valence-corrected chi connectivity index (χ1v) is 10.9. The quantitative estimate of drug-likeness (QED) is 0.781. The molecule has 0 bridgehead atoms. The second-order valence-electron chi connectivity index (χ2n) is 7.42. The van der Waals surface area contributed by atoms with Gasteiger partial charge in [-0.25, -0.2) is 8.42 Å². The molecule has 0 aliphatic carbocycles. The molecule has 2 aromatic carbocycles. The molecule has 2 amide bonds. The number of sulfonamides is 1. The largest absolute Gasteiger partial charge is 0.369 e. The van der Waals surface area contributed by atoms with Gasteiger partial charge in [0.2, 0.25) is 5.91 Å². The number of amides is 2. The number of anilines is 1. The number of aryl methyl sites for hydroxylation is 2. The number of hydrogen-bond donors (Lipinski definition) is 2. The van der Waals surface area contributed by atoms with Crippen molar-refractivity contribution >= 4 is 27.5 Å². The molecule has 1 saturated heterocycles. The molecule has 0 aromatic heterocycles. The first-order valence-electron chi connectivity index (χ1n) is 9.46. The zero-order valence-electron chi connectivity index (χ0n) is 16.5. The van der Waals surface area contributed by atoms with Crippen molar-refractivity contribution in [2.24, 2.45) is 11.7 Å². The molecule has 29 heavy (non-hydrogen) atoms. The number of primary amides is 1. The van der Waals surface area contributed by atoms with Crippen LogP contribution in [0.4, 0.5) is 5.69 Å². The summed E-state index contributed by atoms with van der Waals surface area (Å²) in [5, 5.41) is 0. The van der Waals surface area contributed by atoms with Crippen molar-refractivity contribution in [2.45, 2.75) is 31.6 Å². The van der Waals surface area contributed by atoms with E-state index in [1.165, 1.54) is 0 Å². The van der Waals surface area contributed by atoms with Crippen molar-refractivity contribution in [1.29, 1.82) is 0 Å². The molecule has 2 aromatic rings. The average Bonchev–Trinajstić information content (AvgIpc) is 2.69. The maximum Gasteiger partial charge on any atom is 0.261 e. The number of carbonyl (C=O) groups excluding carboxylic acids is 2. The summed E-state index contributed by atoms with van der Waals surface area (Å²) >= 11 is 0. The van der Waals surface area contributed by atoms with Crippen LogP contribution in [0.2, 0.25) is 0 Å². The Bertz CT molecular complexity index is 1020. The Morgan fingerprint density at radius 3 is 2.21 bits per heavy atom. The summed E-state index contributed by atoms with van der Waals surface area (Å²) < 4.78 is 27.8. The normalized spacial score (nSPS) is 15.2. The lowest BCUT2D eigenvalue weighted by Gasteiger charge is -2.30. The number of nitrogens with zero attached hydrogens (tertiary/aromatic N) is 1. The molecule has 0 atom stereocenters. The molecular formula is C21H25N3O4S. The van der Waals surface area contributed by atoms with Crippen LogP contribution in [0, 0.1) is 19.8 Å². The molecule has 0 unspecified atom stereocenters. The minimum Gasteiger partial charge on any atom is -0.369 e. The number of piperidine rings is 1. The van der Waals surface area contributed by atoms with Gasteiger partial charge in [0.1, 0.15) is 0 Å². The number of hydrogen-bond acceptors (Lipinski definition) is 4. The van der Waals surface area contributed by atoms with E-state index in [1.807, 2.05) is 6.92 Å². The highest BCUT2D eigenvalue weighted by Crippen LogP contribution is 2.23. The molecule has 1 heterocycles. The Balaban J connectivity index is 1.72. The van der Waals surface area contributed by atoms with Gasteiger partial charge in [-0.15, -0.1) is 0 Å². The summed E-state index contributed by atoms with van der Waals surface area (Å²) in [7, 11) is -3.71. The Morgan fingerprint density at radius 1 is 1.03 bits per heavy atom. The number of benzene rings is 2. The summed E-state index contributed by atoms with van der Waals surface area (Å²) in [6, 6.07) is 11.5. The lowest BCUT2D eigenvalue weighted by molar-refractivity contribution is -0.123. The molecule has 7 nitrogen and oxygen atoms in total. The van der Waals surface area contributed by atoms with Crippen LogP contribution in [0.15, 0.2) is 47.4 Å². The Hall–Kier alpha value is -2.87. The van der Waals surface area contributed by atoms with E-state index in [-0.39, 0.29) is 22.6 Å². The minimum absolute atomic E-state index is 0.135. The predicted octanol–water partition coefficient (Wildman–Crippen LogP) is 2.44. The third-order valence-corrected chi connectivity index (χ3v) is 6.61. The third-order valence-electron chi connectivity index (χ3n) is 5.23. The number of nitrogens with one attached hydrogen (secondary N) is 1. The van der Waals surface area contributed by atoms with Crippen molar-refractivity contribution < 1.29 is 18.0 Å². The summed E-state index contributed by atoms with van der Waals surface area (Å²) in [6.07, 6.45) is 1.13. The molecule has 3 N–H and O–H groups in total. The highest BCUT2D eigenvalue weighted by atomic mass is 32.2. The van der Waals surface area contributed by atoms with Gasteiger partial charge in [-0.1, -0.05) is 17.7 Å². The van der Waals surface area contributed by atoms with Gasteiger partial charge in [-0.3, -0.25) is 14.3 Å². The van der Waals surface area contributed by atoms with E-state index < -0.39 is 10.0 Å². The lowest BCUT2D eigenvalue weighted by Crippen LogP contribution is -2.41. The second-order valence-corrected chi connectivity index (χ2v) is 9.10. The van der Waals surface area contributed by atoms with E-state index >= 15 is 0 Å². The third kappa shape index (κ3) is 4.76. The van der Waals surface area contributed by atoms with Crippen molar-refractivity contribution in [3.8, 4) is 0 Å². The van der Waals surface area contributed by atoms with E-state index in [9.17, 15) is 18.0 Å². The van der Waals surface area contributed by atoms with Crippen LogP contribution in [0.25, 0.3) is 0 Å². The Labute approximate surface area is 171 Å². The van der Waals surface area contributed by atoms with Gasteiger partial charge in [0.15, 0.2) is 0 Å². The highest BCUT2D eigenvalue weighted by molar-refractivity contribution is 7.92. The molecule has 1 aliphatic heterocycles. The number of rotatable bonds is 5. The van der Waals surface area contributed by atoms with Crippen LogP contribution in [-0.4, -0.2) is 38.2 Å². The SMILES string of the molecule is Cc1ccc(S(=O)(=O)Nc2ccc(C(=O)N3CCC(C(N)=O)CC3)cc2C)cc1. The van der Waals surface area contributed by atoms with Crippen LogP contribution in [0.1, 0.15) is 34.3 Å². The molecule has 8 heteroatoms. The maximum atomic E-state index is 12.7. The van der Waals surface area contributed by atoms with Gasteiger partial charge in [0.05, 0.1) is 10.6 Å². The van der Waals surface area contributed by atoms with Crippen LogP contribution in [-0.2, 0) is 14.8 Å². The summed E-state index contributed by atoms with van der Waals surface area (Å²) in [5.41, 5.74) is 7.87. The Kier molecular flexibility index (Phi) is 5.93. The zero-order valence-corrected chi connectivity index (χ0v) is 17.3. The highest BCUT2D eigenvalue weighted by Gasteiger charge is 2.26. The summed E-state index contributed by atoms with van der Waals surface area (Å²) in [4.78, 5) is 25.9. The molecule has 3 rings (SSSR count). The fourth-order valence-electron chi connectivity index (χ4n) is 3.38. The van der Waals surface area contributed by atoms with Gasteiger partial charge in [-0.05, 0) is 62.6 Å². The standard InChI is InChI=1S/C21H25N3O4S/c1-14-3-6-18(7-4-14)29(27,28)23-19-8-5-17(13-15(19)2)21(26)24-11-9-16(10-12-24)20(22)25/h3-8,13,16,23H,9-12H2,1-2H3,(H2,22,25). The molecule has 1 aliphatic rings. The van der Waals surface area contributed by atoms with Gasteiger partial charge < -0.3 is 10.6 Å². The summed E-state index contributed by atoms with van der Waals surface area (Å²) in [5.74, 6) is -0.638. The number of carbonyl (C=O) groups is 2. The van der Waals surface area contributed by atoms with Crippen molar-refractivity contribution in [3.63, 3.8) is 0 Å². The molecular weight excluding hydrogens is 390 g/mol. The maximum absolute atomic E-state index is 12.7. The van der Waals surface area contributed by atoms with E-state index in [4.69, 9.17) is 5.73 Å². The molecule has 154 valence electrons. The lowest BCUT2D eigenvalue weighted by atomic mass is 9.95. The first-order chi connectivity index (χ1) is 13.7. The molecule has 0 spiro atoms. The first kappa shape index (κ1) is 20.9. The van der Waals surface area contributed by atoms with E-state index in [1.54, 1.807) is 54.3 Å². The van der Waals surface area contributed by atoms with Crippen molar-refractivity contribution in [3.05, 3.63) is 59.2 Å². The van der Waals surface area contributed by atoms with Gasteiger partial charge in [0.25, 0.3) is 15.9 Å². The predicted molar refractivity (Wildman–Crippen MR) is 111 cm³/mol. The molecule has 0 radical (unpaired) electrons. The fourth-order valence-corrected chi connectivity index (χ4v) is 4.51. The van der Waals surface area contributed by atoms with E-state index in [0.717, 1.165) is 5.56 Å². The van der Waals surface area contributed by atoms with E-state index in [2.05, 4.69) is 4.72 Å². The topological polar surface area (TPSA) is 110 Å². The monoisotopic (exact) mass is 415 g/mol. The minimum atomic E-state index is -3.71. The van der Waals surface area contributed by atoms with Crippen LogP contribution in [0.5, 0.6) is 0 Å². The number of nitrogens with two attached hydrogens (primary N) is 1. The van der Waals surface area contributed by atoms with Gasteiger partial charge in [-0.2, -0.15) is 0 Å². The van der Waals surface area contributed by atoms with Gasteiger partial charge in [0, 0.05) is 24.6 Å². The summed E-state index contributed by atoms with van der Waals surface area (Å²) in [6.45, 7) is 4.60. The van der Waals surface area contributed by atoms with Crippen LogP contribution >= 0.6 is 0 Å². The fraction of sp³-hybridized carbons (Fsp3) is 0.333. The molecule has 0 saturated carbocycles. The van der Waals surface area contributed by atoms with Crippen LogP contribution < -0.4 is 10.5 Å². The second kappa shape index (κ2) is 8.24. The Morgan fingerprint density at radius 2 is 1.66 bits per heavy atom. The average molecular weight is 416 g/mol. The smallest absolute Gasteiger partial charge is 0.261 e. The van der Waals surface area contributed by atoms with Crippen molar-refractivity contribution in [1.82, 2.24) is 4.90 Å². The van der Waals surface area contributed by atoms with E-state index in [0.29, 0.717) is 42.7 Å². The number of likely N-dealkylation sites (tertiary alicyclic amines) is 1. The van der Waals surface area contributed by atoms with Gasteiger partial charge >= 0.3 is 0 Å². The molecule has 1 fully saturated rings. The zero-order chi connectivity index (χ0) is 21.2.